The maximum atomic E-state index is 9.67. The number of hydrogen-bond donors (Lipinski definition) is 4. The SMILES string of the molecule is CC(C)C(CO)Nc1nc(NCc2cccc(Cl)c2N)c2ncn(C(C)C)c2n1. The maximum absolute atomic E-state index is 9.67. The quantitative estimate of drug-likeness (QED) is 0.413. The maximum Gasteiger partial charge on any atom is 0.227 e. The molecule has 0 spiro atoms. The number of anilines is 3. The van der Waals surface area contributed by atoms with Gasteiger partial charge in [0, 0.05) is 12.6 Å². The molecule has 1 atom stereocenters. The molecule has 156 valence electrons. The van der Waals surface area contributed by atoms with Crippen molar-refractivity contribution in [2.24, 2.45) is 5.92 Å². The summed E-state index contributed by atoms with van der Waals surface area (Å²) in [6.45, 7) is 8.64. The molecule has 1 aromatic carbocycles. The number of aliphatic hydroxyl groups is 1. The first kappa shape index (κ1) is 21.1. The second-order valence-electron chi connectivity index (χ2n) is 7.66. The highest BCUT2D eigenvalue weighted by Crippen LogP contribution is 2.27. The lowest BCUT2D eigenvalue weighted by molar-refractivity contribution is 0.248. The average molecular weight is 418 g/mol. The molecule has 8 nitrogen and oxygen atoms in total. The Bertz CT molecular complexity index is 986. The summed E-state index contributed by atoms with van der Waals surface area (Å²) >= 11 is 6.13. The first-order valence-electron chi connectivity index (χ1n) is 9.70. The molecule has 3 aromatic rings. The van der Waals surface area contributed by atoms with Gasteiger partial charge in [-0.2, -0.15) is 9.97 Å². The Morgan fingerprint density at radius 3 is 2.62 bits per heavy atom. The third-order valence-electron chi connectivity index (χ3n) is 4.88. The topological polar surface area (TPSA) is 114 Å². The summed E-state index contributed by atoms with van der Waals surface area (Å²) in [5, 5.41) is 16.7. The summed E-state index contributed by atoms with van der Waals surface area (Å²) in [7, 11) is 0. The molecule has 9 heteroatoms. The van der Waals surface area contributed by atoms with Crippen LogP contribution in [0.1, 0.15) is 39.3 Å². The summed E-state index contributed by atoms with van der Waals surface area (Å²) < 4.78 is 1.99. The highest BCUT2D eigenvalue weighted by molar-refractivity contribution is 6.33. The Kier molecular flexibility index (Phi) is 6.44. The van der Waals surface area contributed by atoms with Gasteiger partial charge < -0.3 is 26.0 Å². The molecule has 0 bridgehead atoms. The normalized spacial score (nSPS) is 12.7. The van der Waals surface area contributed by atoms with Crippen molar-refractivity contribution >= 4 is 40.2 Å². The number of nitrogens with two attached hydrogens (primary N) is 1. The van der Waals surface area contributed by atoms with Crippen molar-refractivity contribution in [3.63, 3.8) is 0 Å². The minimum Gasteiger partial charge on any atom is -0.397 e. The summed E-state index contributed by atoms with van der Waals surface area (Å²) in [4.78, 5) is 13.8. The minimum absolute atomic E-state index is 0.00961. The zero-order valence-electron chi connectivity index (χ0n) is 17.1. The van der Waals surface area contributed by atoms with Crippen LogP contribution in [-0.4, -0.2) is 37.3 Å². The molecule has 0 aliphatic heterocycles. The summed E-state index contributed by atoms with van der Waals surface area (Å²) in [5.41, 5.74) is 8.90. The number of fused-ring (bicyclic) bond motifs is 1. The Hall–Kier alpha value is -2.58. The van der Waals surface area contributed by atoms with E-state index in [4.69, 9.17) is 17.3 Å². The van der Waals surface area contributed by atoms with Crippen LogP contribution in [0.4, 0.5) is 17.5 Å². The van der Waals surface area contributed by atoms with Gasteiger partial charge in [-0.15, -0.1) is 0 Å². The lowest BCUT2D eigenvalue weighted by Gasteiger charge is -2.20. The molecule has 0 aliphatic carbocycles. The van der Waals surface area contributed by atoms with Crippen molar-refractivity contribution in [1.29, 1.82) is 0 Å². The molecule has 0 saturated carbocycles. The van der Waals surface area contributed by atoms with E-state index in [-0.39, 0.29) is 24.6 Å². The lowest BCUT2D eigenvalue weighted by Crippen LogP contribution is -2.30. The fraction of sp³-hybridized carbons (Fsp3) is 0.450. The molecule has 1 unspecified atom stereocenters. The number of aromatic nitrogens is 4. The van der Waals surface area contributed by atoms with Gasteiger partial charge >= 0.3 is 0 Å². The Morgan fingerprint density at radius 1 is 1.21 bits per heavy atom. The molecule has 3 rings (SSSR count). The number of aliphatic hydroxyl groups excluding tert-OH is 1. The molecule has 0 fully saturated rings. The van der Waals surface area contributed by atoms with Crippen molar-refractivity contribution in [3.8, 4) is 0 Å². The molecule has 0 amide bonds. The van der Waals surface area contributed by atoms with E-state index in [2.05, 4.69) is 39.4 Å². The van der Waals surface area contributed by atoms with Crippen LogP contribution in [0.25, 0.3) is 11.2 Å². The van der Waals surface area contributed by atoms with Crippen molar-refractivity contribution in [3.05, 3.63) is 35.1 Å². The molecule has 0 aliphatic rings. The zero-order valence-corrected chi connectivity index (χ0v) is 17.9. The number of benzene rings is 1. The van der Waals surface area contributed by atoms with Gasteiger partial charge in [-0.1, -0.05) is 37.6 Å². The summed E-state index contributed by atoms with van der Waals surface area (Å²) in [6, 6.07) is 5.58. The van der Waals surface area contributed by atoms with E-state index in [9.17, 15) is 5.11 Å². The van der Waals surface area contributed by atoms with Crippen molar-refractivity contribution in [2.45, 2.75) is 46.3 Å². The van der Waals surface area contributed by atoms with Gasteiger partial charge in [0.25, 0.3) is 0 Å². The molecule has 5 N–H and O–H groups in total. The first-order valence-corrected chi connectivity index (χ1v) is 10.1. The van der Waals surface area contributed by atoms with Crippen LogP contribution in [0.15, 0.2) is 24.5 Å². The van der Waals surface area contributed by atoms with Crippen LogP contribution in [-0.2, 0) is 6.54 Å². The van der Waals surface area contributed by atoms with Crippen molar-refractivity contribution < 1.29 is 5.11 Å². The minimum atomic E-state index is -0.153. The first-order chi connectivity index (χ1) is 13.8. The summed E-state index contributed by atoms with van der Waals surface area (Å²) in [5.74, 6) is 1.25. The van der Waals surface area contributed by atoms with E-state index >= 15 is 0 Å². The number of halogens is 1. The highest BCUT2D eigenvalue weighted by Gasteiger charge is 2.18. The molecule has 0 radical (unpaired) electrons. The van der Waals surface area contributed by atoms with Crippen molar-refractivity contribution in [2.75, 3.05) is 23.0 Å². The van der Waals surface area contributed by atoms with E-state index in [0.29, 0.717) is 34.5 Å². The molecular weight excluding hydrogens is 390 g/mol. The standard InChI is InChI=1S/C20H28ClN7O/c1-11(2)15(9-29)25-20-26-18(17-19(27-20)28(10-24-17)12(3)4)23-8-13-6-5-7-14(21)16(13)22/h5-7,10-12,15,29H,8-9,22H2,1-4H3,(H2,23,25,26,27). The third-order valence-corrected chi connectivity index (χ3v) is 5.21. The number of para-hydroxylation sites is 1. The Labute approximate surface area is 175 Å². The third kappa shape index (κ3) is 4.54. The van der Waals surface area contributed by atoms with E-state index in [1.54, 1.807) is 12.4 Å². The largest absolute Gasteiger partial charge is 0.397 e. The van der Waals surface area contributed by atoms with Crippen LogP contribution in [0.2, 0.25) is 5.02 Å². The van der Waals surface area contributed by atoms with E-state index in [0.717, 1.165) is 11.2 Å². The average Bonchev–Trinajstić information content (AvgIpc) is 3.11. The fourth-order valence-electron chi connectivity index (χ4n) is 2.99. The number of nitrogens with zero attached hydrogens (tertiary/aromatic N) is 4. The number of imidazole rings is 1. The smallest absolute Gasteiger partial charge is 0.227 e. The molecular formula is C20H28ClN7O. The predicted molar refractivity (Wildman–Crippen MR) is 118 cm³/mol. The van der Waals surface area contributed by atoms with Crippen LogP contribution in [0, 0.1) is 5.92 Å². The predicted octanol–water partition coefficient (Wildman–Crippen LogP) is 3.68. The lowest BCUT2D eigenvalue weighted by atomic mass is 10.1. The summed E-state index contributed by atoms with van der Waals surface area (Å²) in [6.07, 6.45) is 1.76. The van der Waals surface area contributed by atoms with E-state index < -0.39 is 0 Å². The highest BCUT2D eigenvalue weighted by atomic mass is 35.5. The van der Waals surface area contributed by atoms with Gasteiger partial charge in [0.1, 0.15) is 0 Å². The van der Waals surface area contributed by atoms with Gasteiger partial charge in [0.2, 0.25) is 5.95 Å². The fourth-order valence-corrected chi connectivity index (χ4v) is 3.18. The van der Waals surface area contributed by atoms with Gasteiger partial charge in [0.05, 0.1) is 29.7 Å². The molecule has 29 heavy (non-hydrogen) atoms. The van der Waals surface area contributed by atoms with Crippen LogP contribution >= 0.6 is 11.6 Å². The van der Waals surface area contributed by atoms with Gasteiger partial charge in [-0.05, 0) is 31.4 Å². The molecule has 0 saturated heterocycles. The van der Waals surface area contributed by atoms with E-state index in [1.165, 1.54) is 0 Å². The number of hydrogen-bond acceptors (Lipinski definition) is 7. The molecule has 2 heterocycles. The van der Waals surface area contributed by atoms with E-state index in [1.807, 2.05) is 30.5 Å². The number of rotatable bonds is 8. The van der Waals surface area contributed by atoms with Gasteiger partial charge in [-0.3, -0.25) is 0 Å². The van der Waals surface area contributed by atoms with Gasteiger partial charge in [0.15, 0.2) is 17.0 Å². The van der Waals surface area contributed by atoms with Crippen LogP contribution in [0.5, 0.6) is 0 Å². The Balaban J connectivity index is 1.98. The Morgan fingerprint density at radius 2 is 1.97 bits per heavy atom. The molecule has 2 aromatic heterocycles. The second kappa shape index (κ2) is 8.84. The monoisotopic (exact) mass is 417 g/mol. The van der Waals surface area contributed by atoms with Gasteiger partial charge in [-0.25, -0.2) is 4.98 Å². The van der Waals surface area contributed by atoms with Crippen LogP contribution in [0.3, 0.4) is 0 Å². The number of nitrogens with one attached hydrogen (secondary N) is 2. The second-order valence-corrected chi connectivity index (χ2v) is 8.06. The number of nitrogen functional groups attached to an aromatic ring is 1. The zero-order chi connectivity index (χ0) is 21.1. The van der Waals surface area contributed by atoms with Crippen molar-refractivity contribution in [1.82, 2.24) is 19.5 Å². The van der Waals surface area contributed by atoms with Crippen LogP contribution < -0.4 is 16.4 Å².